The molecule has 0 saturated carbocycles. The number of rotatable bonds is 13. The molecule has 0 bridgehead atoms. The Morgan fingerprint density at radius 2 is 1.84 bits per heavy atom. The van der Waals surface area contributed by atoms with Crippen LogP contribution in [0.5, 0.6) is 11.8 Å². The molecule has 37 heavy (non-hydrogen) atoms. The zero-order chi connectivity index (χ0) is 26.2. The summed E-state index contributed by atoms with van der Waals surface area (Å²) in [7, 11) is 0. The van der Waals surface area contributed by atoms with Crippen LogP contribution in [0.2, 0.25) is 0 Å². The van der Waals surface area contributed by atoms with E-state index in [0.29, 0.717) is 30.9 Å². The number of nitrogens with two attached hydrogens (primary N) is 1. The molecule has 0 amide bonds. The van der Waals surface area contributed by atoms with Gasteiger partial charge in [0.15, 0.2) is 11.5 Å². The van der Waals surface area contributed by atoms with Crippen LogP contribution in [0.25, 0.3) is 11.2 Å². The average Bonchev–Trinajstić information content (AvgIpc) is 3.20. The zero-order valence-electron chi connectivity index (χ0n) is 21.3. The molecule has 3 heterocycles. The number of hydrogen-bond acceptors (Lipinski definition) is 8. The van der Waals surface area contributed by atoms with Crippen LogP contribution >= 0.6 is 0 Å². The SMILES string of the molecule is CCCCOc1nc(N)c2[nH]c(=O)n(Cc3ccc(OCCCCN4CCC(C(=O)O)CC4)cc3)c2n1. The van der Waals surface area contributed by atoms with Crippen molar-refractivity contribution >= 4 is 23.0 Å². The van der Waals surface area contributed by atoms with Gasteiger partial charge in [-0.2, -0.15) is 9.97 Å². The predicted octanol–water partition coefficient (Wildman–Crippen LogP) is 2.88. The summed E-state index contributed by atoms with van der Waals surface area (Å²) in [5.41, 5.74) is 7.45. The topological polar surface area (TPSA) is 149 Å². The Kier molecular flexibility index (Phi) is 8.99. The van der Waals surface area contributed by atoms with Gasteiger partial charge in [0, 0.05) is 0 Å². The number of piperidine rings is 1. The molecule has 0 aliphatic carbocycles. The number of unbranched alkanes of at least 4 members (excludes halogenated alkanes) is 2. The molecule has 0 atom stereocenters. The standard InChI is InChI=1S/C26H36N6O5/c1-2-3-15-37-25-29-22(27)21-23(30-25)32(26(35)28-21)17-18-6-8-20(9-7-18)36-16-5-4-12-31-13-10-19(11-14-31)24(33)34/h6-9,19H,2-5,10-17H2,1H3,(H,28,35)(H,33,34)(H2,27,29,30). The van der Waals surface area contributed by atoms with Gasteiger partial charge in [-0.15, -0.1) is 0 Å². The first kappa shape index (κ1) is 26.5. The van der Waals surface area contributed by atoms with Gasteiger partial charge in [0.05, 0.1) is 25.7 Å². The lowest BCUT2D eigenvalue weighted by molar-refractivity contribution is -0.143. The number of aliphatic carboxylic acids is 1. The number of aromatic nitrogens is 4. The van der Waals surface area contributed by atoms with Crippen molar-refractivity contribution in [1.82, 2.24) is 24.4 Å². The van der Waals surface area contributed by atoms with Crippen molar-refractivity contribution in [3.05, 3.63) is 40.3 Å². The number of anilines is 1. The molecular weight excluding hydrogens is 476 g/mol. The van der Waals surface area contributed by atoms with Crippen molar-refractivity contribution < 1.29 is 19.4 Å². The number of carbonyl (C=O) groups is 1. The maximum absolute atomic E-state index is 12.6. The largest absolute Gasteiger partial charge is 0.494 e. The van der Waals surface area contributed by atoms with Gasteiger partial charge in [0.2, 0.25) is 0 Å². The summed E-state index contributed by atoms with van der Waals surface area (Å²) in [6.07, 6.45) is 5.27. The van der Waals surface area contributed by atoms with Crippen molar-refractivity contribution in [2.24, 2.45) is 5.92 Å². The quantitative estimate of drug-likeness (QED) is 0.294. The fourth-order valence-electron chi connectivity index (χ4n) is 4.45. The predicted molar refractivity (Wildman–Crippen MR) is 140 cm³/mol. The average molecular weight is 513 g/mol. The number of imidazole rings is 1. The first-order valence-electron chi connectivity index (χ1n) is 13.0. The lowest BCUT2D eigenvalue weighted by atomic mass is 9.97. The third kappa shape index (κ3) is 7.00. The van der Waals surface area contributed by atoms with Gasteiger partial charge in [0.25, 0.3) is 0 Å². The van der Waals surface area contributed by atoms with Crippen LogP contribution in [0, 0.1) is 5.92 Å². The van der Waals surface area contributed by atoms with E-state index in [9.17, 15) is 9.59 Å². The Hall–Kier alpha value is -3.60. The Labute approximate surface area is 215 Å². The summed E-state index contributed by atoms with van der Waals surface area (Å²) in [5.74, 6) is 0.0923. The number of ether oxygens (including phenoxy) is 2. The maximum atomic E-state index is 12.6. The van der Waals surface area contributed by atoms with Crippen LogP contribution in [0.4, 0.5) is 5.82 Å². The summed E-state index contributed by atoms with van der Waals surface area (Å²) >= 11 is 0. The van der Waals surface area contributed by atoms with Gasteiger partial charge in [-0.05, 0) is 69.4 Å². The molecule has 1 aliphatic heterocycles. The molecule has 11 heteroatoms. The first-order chi connectivity index (χ1) is 17.9. The van der Waals surface area contributed by atoms with Crippen LogP contribution in [0.1, 0.15) is 51.0 Å². The lowest BCUT2D eigenvalue weighted by Gasteiger charge is -2.29. The number of carboxylic acids is 1. The molecule has 1 aliphatic rings. The first-order valence-corrected chi connectivity index (χ1v) is 13.0. The Morgan fingerprint density at radius 3 is 2.54 bits per heavy atom. The Balaban J connectivity index is 1.26. The molecule has 200 valence electrons. The molecule has 11 nitrogen and oxygen atoms in total. The summed E-state index contributed by atoms with van der Waals surface area (Å²) in [6, 6.07) is 7.82. The molecule has 0 unspecified atom stereocenters. The number of carboxylic acid groups (broad SMARTS) is 1. The Morgan fingerprint density at radius 1 is 1.11 bits per heavy atom. The van der Waals surface area contributed by atoms with Crippen molar-refractivity contribution in [2.45, 2.75) is 52.0 Å². The van der Waals surface area contributed by atoms with E-state index in [1.807, 2.05) is 24.3 Å². The van der Waals surface area contributed by atoms with Crippen LogP contribution < -0.4 is 20.9 Å². The van der Waals surface area contributed by atoms with Crippen molar-refractivity contribution in [3.8, 4) is 11.8 Å². The summed E-state index contributed by atoms with van der Waals surface area (Å²) in [5, 5.41) is 9.10. The molecule has 2 aromatic heterocycles. The van der Waals surface area contributed by atoms with Crippen LogP contribution in [0.3, 0.4) is 0 Å². The second-order valence-corrected chi connectivity index (χ2v) is 9.46. The van der Waals surface area contributed by atoms with E-state index in [1.165, 1.54) is 4.57 Å². The van der Waals surface area contributed by atoms with Crippen LogP contribution in [-0.2, 0) is 11.3 Å². The highest BCUT2D eigenvalue weighted by molar-refractivity contribution is 5.81. The molecule has 0 spiro atoms. The number of aromatic amines is 1. The lowest BCUT2D eigenvalue weighted by Crippen LogP contribution is -2.36. The number of nitrogen functional groups attached to an aromatic ring is 1. The van der Waals surface area contributed by atoms with Gasteiger partial charge >= 0.3 is 17.7 Å². The second kappa shape index (κ2) is 12.6. The molecule has 1 fully saturated rings. The minimum absolute atomic E-state index is 0.166. The van der Waals surface area contributed by atoms with Crippen molar-refractivity contribution in [1.29, 1.82) is 0 Å². The van der Waals surface area contributed by atoms with E-state index in [0.717, 1.165) is 69.5 Å². The van der Waals surface area contributed by atoms with Gasteiger partial charge in [-0.1, -0.05) is 25.5 Å². The summed E-state index contributed by atoms with van der Waals surface area (Å²) < 4.78 is 13.0. The van der Waals surface area contributed by atoms with E-state index in [-0.39, 0.29) is 23.4 Å². The molecule has 1 saturated heterocycles. The zero-order valence-corrected chi connectivity index (χ0v) is 21.3. The van der Waals surface area contributed by atoms with Gasteiger partial charge in [-0.25, -0.2) is 4.79 Å². The van der Waals surface area contributed by atoms with Crippen molar-refractivity contribution in [3.63, 3.8) is 0 Å². The minimum atomic E-state index is -0.673. The number of H-pyrrole nitrogens is 1. The fraction of sp³-hybridized carbons (Fsp3) is 0.538. The molecule has 0 radical (unpaired) electrons. The summed E-state index contributed by atoms with van der Waals surface area (Å²) in [4.78, 5) is 37.3. The number of hydrogen-bond donors (Lipinski definition) is 3. The molecule has 3 aromatic rings. The molecule has 1 aromatic carbocycles. The maximum Gasteiger partial charge on any atom is 0.328 e. The van der Waals surface area contributed by atoms with Gasteiger partial charge < -0.3 is 30.2 Å². The minimum Gasteiger partial charge on any atom is -0.494 e. The highest BCUT2D eigenvalue weighted by atomic mass is 16.5. The fourth-order valence-corrected chi connectivity index (χ4v) is 4.45. The molecule has 4 rings (SSSR count). The molecule has 4 N–H and O–H groups in total. The van der Waals surface area contributed by atoms with Crippen LogP contribution in [-0.4, -0.2) is 68.3 Å². The van der Waals surface area contributed by atoms with Gasteiger partial charge in [0.1, 0.15) is 11.3 Å². The van der Waals surface area contributed by atoms with Crippen molar-refractivity contribution in [2.75, 3.05) is 38.6 Å². The van der Waals surface area contributed by atoms with E-state index in [2.05, 4.69) is 26.8 Å². The monoisotopic (exact) mass is 512 g/mol. The number of likely N-dealkylation sites (tertiary alicyclic amines) is 1. The smallest absolute Gasteiger partial charge is 0.328 e. The van der Waals surface area contributed by atoms with E-state index in [1.54, 1.807) is 0 Å². The van der Waals surface area contributed by atoms with E-state index < -0.39 is 5.97 Å². The summed E-state index contributed by atoms with van der Waals surface area (Å²) in [6.45, 7) is 6.16. The third-order valence-electron chi connectivity index (χ3n) is 6.70. The number of benzene rings is 1. The second-order valence-electron chi connectivity index (χ2n) is 9.46. The normalized spacial score (nSPS) is 14.7. The highest BCUT2D eigenvalue weighted by Gasteiger charge is 2.23. The highest BCUT2D eigenvalue weighted by Crippen LogP contribution is 2.20. The Bertz CT molecular complexity index is 1230. The number of nitrogens with one attached hydrogen (secondary N) is 1. The van der Waals surface area contributed by atoms with E-state index >= 15 is 0 Å². The third-order valence-corrected chi connectivity index (χ3v) is 6.70. The number of nitrogens with zero attached hydrogens (tertiary/aromatic N) is 4. The van der Waals surface area contributed by atoms with E-state index in [4.69, 9.17) is 20.3 Å². The van der Waals surface area contributed by atoms with Crippen LogP contribution in [0.15, 0.2) is 29.1 Å². The number of fused-ring (bicyclic) bond motifs is 1. The molecular formula is C26H36N6O5. The van der Waals surface area contributed by atoms with Gasteiger partial charge in [-0.3, -0.25) is 9.36 Å².